The van der Waals surface area contributed by atoms with Crippen LogP contribution in [0.25, 0.3) is 0 Å². The molecule has 2 spiro atoms. The molecule has 2 N–H and O–H groups in total. The molecule has 5 saturated carbocycles. The molecule has 186 valence electrons. The lowest BCUT2D eigenvalue weighted by atomic mass is 9.59. The van der Waals surface area contributed by atoms with Crippen molar-refractivity contribution < 1.29 is 4.79 Å². The van der Waals surface area contributed by atoms with E-state index in [1.165, 1.54) is 69.9 Å². The van der Waals surface area contributed by atoms with Gasteiger partial charge >= 0.3 is 0 Å². The fourth-order valence-corrected chi connectivity index (χ4v) is 10.4. The number of fused-ring (bicyclic) bond motifs is 1. The monoisotopic (exact) mass is 462 g/mol. The van der Waals surface area contributed by atoms with Crippen molar-refractivity contribution in [1.82, 2.24) is 0 Å². The maximum absolute atomic E-state index is 12.6. The van der Waals surface area contributed by atoms with Gasteiger partial charge in [0, 0.05) is 23.7 Å². The molecule has 0 amide bonds. The van der Waals surface area contributed by atoms with E-state index < -0.39 is 0 Å². The third kappa shape index (κ3) is 3.28. The zero-order valence-corrected chi connectivity index (χ0v) is 22.0. The van der Waals surface area contributed by atoms with Crippen LogP contribution in [-0.2, 0) is 11.2 Å². The lowest BCUT2D eigenvalue weighted by Crippen LogP contribution is -2.40. The maximum atomic E-state index is 12.6. The molecular formula is C31H46N2O. The third-order valence-corrected chi connectivity index (χ3v) is 11.4. The number of benzene rings is 1. The molecule has 1 aromatic rings. The van der Waals surface area contributed by atoms with Crippen LogP contribution in [0.2, 0.25) is 0 Å². The number of nitrogen functional groups attached to an aromatic ring is 1. The van der Waals surface area contributed by atoms with Crippen LogP contribution in [0.4, 0.5) is 5.69 Å². The maximum Gasteiger partial charge on any atom is 0.158 e. The van der Waals surface area contributed by atoms with Crippen molar-refractivity contribution in [1.29, 1.82) is 0 Å². The summed E-state index contributed by atoms with van der Waals surface area (Å²) in [5.74, 6) is 3.77. The SMILES string of the molecule is CC.CC(=NCC(=O)Cc1ccc(N)cc1)C1CCC2C1(C)CCC1C34CCCCC3CCC214. The van der Waals surface area contributed by atoms with Crippen molar-refractivity contribution in [2.24, 2.45) is 44.9 Å². The summed E-state index contributed by atoms with van der Waals surface area (Å²) < 4.78 is 0. The summed E-state index contributed by atoms with van der Waals surface area (Å²) in [7, 11) is 0. The van der Waals surface area contributed by atoms with Crippen LogP contribution in [0.15, 0.2) is 29.3 Å². The molecular weight excluding hydrogens is 416 g/mol. The lowest BCUT2D eigenvalue weighted by Gasteiger charge is -2.45. The second kappa shape index (κ2) is 8.79. The van der Waals surface area contributed by atoms with Gasteiger partial charge in [-0.15, -0.1) is 0 Å². The summed E-state index contributed by atoms with van der Waals surface area (Å²) in [6.07, 6.45) is 15.0. The summed E-state index contributed by atoms with van der Waals surface area (Å²) in [4.78, 5) is 17.5. The van der Waals surface area contributed by atoms with E-state index in [9.17, 15) is 4.79 Å². The number of nitrogens with two attached hydrogens (primary N) is 1. The van der Waals surface area contributed by atoms with Gasteiger partial charge in [-0.05, 0) is 110 Å². The molecule has 7 unspecified atom stereocenters. The van der Waals surface area contributed by atoms with E-state index in [0.29, 0.717) is 29.7 Å². The average Bonchev–Trinajstić information content (AvgIpc) is 3.10. The minimum absolute atomic E-state index is 0.207. The third-order valence-electron chi connectivity index (χ3n) is 11.4. The molecule has 0 heterocycles. The molecule has 3 nitrogen and oxygen atoms in total. The highest BCUT2D eigenvalue weighted by molar-refractivity contribution is 5.90. The molecule has 7 atom stereocenters. The van der Waals surface area contributed by atoms with E-state index in [-0.39, 0.29) is 5.78 Å². The Hall–Kier alpha value is -1.64. The predicted molar refractivity (Wildman–Crippen MR) is 142 cm³/mol. The van der Waals surface area contributed by atoms with E-state index in [1.807, 2.05) is 38.1 Å². The Morgan fingerprint density at radius 3 is 2.47 bits per heavy atom. The summed E-state index contributed by atoms with van der Waals surface area (Å²) in [6.45, 7) is 9.16. The number of Topliss-reactive ketones (excluding diaryl/α,β-unsaturated/α-hetero) is 1. The zero-order chi connectivity index (χ0) is 24.1. The summed E-state index contributed by atoms with van der Waals surface area (Å²) in [5.41, 5.74) is 10.6. The Kier molecular flexibility index (Phi) is 6.22. The minimum atomic E-state index is 0.207. The molecule has 0 aliphatic heterocycles. The summed E-state index contributed by atoms with van der Waals surface area (Å²) in [5, 5.41) is 0. The second-order valence-electron chi connectivity index (χ2n) is 12.3. The number of anilines is 1. The van der Waals surface area contributed by atoms with Crippen molar-refractivity contribution in [2.75, 3.05) is 12.3 Å². The van der Waals surface area contributed by atoms with Gasteiger partial charge in [0.25, 0.3) is 0 Å². The Balaban J connectivity index is 0.00000117. The lowest BCUT2D eigenvalue weighted by molar-refractivity contribution is -0.117. The number of hydrogen-bond acceptors (Lipinski definition) is 3. The van der Waals surface area contributed by atoms with E-state index >= 15 is 0 Å². The number of nitrogens with zero attached hydrogens (tertiary/aromatic N) is 1. The predicted octanol–water partition coefficient (Wildman–Crippen LogP) is 7.28. The van der Waals surface area contributed by atoms with Gasteiger partial charge in [0.05, 0.1) is 6.54 Å². The Bertz CT molecular complexity index is 951. The largest absolute Gasteiger partial charge is 0.399 e. The highest BCUT2D eigenvalue weighted by Crippen LogP contribution is 2.91. The van der Waals surface area contributed by atoms with E-state index in [1.54, 1.807) is 0 Å². The molecule has 6 rings (SSSR count). The Labute approximate surface area is 207 Å². The van der Waals surface area contributed by atoms with Crippen molar-refractivity contribution >= 4 is 17.2 Å². The summed E-state index contributed by atoms with van der Waals surface area (Å²) in [6, 6.07) is 7.65. The topological polar surface area (TPSA) is 55.5 Å². The van der Waals surface area contributed by atoms with Crippen LogP contribution < -0.4 is 5.73 Å². The molecule has 34 heavy (non-hydrogen) atoms. The number of hydrogen-bond donors (Lipinski definition) is 1. The van der Waals surface area contributed by atoms with Gasteiger partial charge in [0.2, 0.25) is 0 Å². The molecule has 0 aromatic heterocycles. The van der Waals surface area contributed by atoms with Gasteiger partial charge in [0.15, 0.2) is 5.78 Å². The highest BCUT2D eigenvalue weighted by atomic mass is 16.1. The smallest absolute Gasteiger partial charge is 0.158 e. The van der Waals surface area contributed by atoms with Gasteiger partial charge in [-0.25, -0.2) is 0 Å². The van der Waals surface area contributed by atoms with Crippen LogP contribution in [0.1, 0.15) is 97.5 Å². The van der Waals surface area contributed by atoms with Crippen LogP contribution in [0.3, 0.4) is 0 Å². The standard InChI is InChI=1S/C29H40N2O.C2H6/c1-19(31-18-23(32)17-20-6-8-22(30)9-7-20)24-10-11-25-27(24,2)15-13-26-28-14-4-3-5-21(28)12-16-29(25,26)28;1-2/h6-9,21,24-26H,3-5,10-18,30H2,1-2H3;1-2H3. The first-order valence-corrected chi connectivity index (χ1v) is 14.3. The van der Waals surface area contributed by atoms with Gasteiger partial charge in [-0.1, -0.05) is 45.7 Å². The van der Waals surface area contributed by atoms with E-state index in [4.69, 9.17) is 10.7 Å². The highest BCUT2D eigenvalue weighted by Gasteiger charge is 2.85. The van der Waals surface area contributed by atoms with Crippen molar-refractivity contribution in [2.45, 2.75) is 98.3 Å². The van der Waals surface area contributed by atoms with Crippen molar-refractivity contribution in [3.05, 3.63) is 29.8 Å². The number of aliphatic imine (C=N–C) groups is 1. The Morgan fingerprint density at radius 1 is 0.941 bits per heavy atom. The molecule has 0 radical (unpaired) electrons. The number of rotatable bonds is 5. The van der Waals surface area contributed by atoms with Crippen molar-refractivity contribution in [3.8, 4) is 0 Å². The van der Waals surface area contributed by atoms with Crippen LogP contribution in [-0.4, -0.2) is 18.0 Å². The number of carbonyl (C=O) groups excluding carboxylic acids is 1. The molecule has 5 aliphatic rings. The fourth-order valence-electron chi connectivity index (χ4n) is 10.4. The van der Waals surface area contributed by atoms with Crippen molar-refractivity contribution in [3.63, 3.8) is 0 Å². The molecule has 5 aliphatic carbocycles. The average molecular weight is 463 g/mol. The van der Waals surface area contributed by atoms with Gasteiger partial charge in [-0.2, -0.15) is 0 Å². The van der Waals surface area contributed by atoms with Crippen LogP contribution >= 0.6 is 0 Å². The first-order chi connectivity index (χ1) is 16.4. The molecule has 3 heteroatoms. The van der Waals surface area contributed by atoms with E-state index in [2.05, 4.69) is 13.8 Å². The first kappa shape index (κ1) is 24.1. The molecule has 0 bridgehead atoms. The minimum Gasteiger partial charge on any atom is -0.399 e. The van der Waals surface area contributed by atoms with Crippen LogP contribution in [0.5, 0.6) is 0 Å². The Morgan fingerprint density at radius 2 is 1.71 bits per heavy atom. The molecule has 1 aromatic carbocycles. The van der Waals surface area contributed by atoms with Gasteiger partial charge in [-0.3, -0.25) is 9.79 Å². The van der Waals surface area contributed by atoms with Gasteiger partial charge < -0.3 is 5.73 Å². The first-order valence-electron chi connectivity index (χ1n) is 14.3. The quantitative estimate of drug-likeness (QED) is 0.369. The fraction of sp³-hybridized carbons (Fsp3) is 0.742. The zero-order valence-electron chi connectivity index (χ0n) is 22.0. The molecule has 5 fully saturated rings. The van der Waals surface area contributed by atoms with Gasteiger partial charge in [0.1, 0.15) is 0 Å². The summed E-state index contributed by atoms with van der Waals surface area (Å²) >= 11 is 0. The molecule has 0 saturated heterocycles. The van der Waals surface area contributed by atoms with E-state index in [0.717, 1.165) is 34.4 Å². The number of ketones is 1. The second-order valence-corrected chi connectivity index (χ2v) is 12.3. The normalized spacial score (nSPS) is 41.9. The van der Waals surface area contributed by atoms with Crippen LogP contribution in [0, 0.1) is 39.9 Å². The number of carbonyl (C=O) groups is 1.